The lowest BCUT2D eigenvalue weighted by Gasteiger charge is -2.26. The third kappa shape index (κ3) is 8.47. The molecule has 2 aliphatic heterocycles. The molecule has 13 heteroatoms. The Morgan fingerprint density at radius 2 is 1.70 bits per heavy atom. The molecule has 2 fully saturated rings. The second kappa shape index (κ2) is 12.2. The van der Waals surface area contributed by atoms with Gasteiger partial charge < -0.3 is 24.6 Å². The summed E-state index contributed by atoms with van der Waals surface area (Å²) >= 11 is 0. The van der Waals surface area contributed by atoms with Gasteiger partial charge in [0.05, 0.1) is 11.1 Å². The SMILES string of the molecule is CC(C)(C)OC(=O)NCC1CCN(c2nc(-c3ccc(C(F)(F)F)cc3F)ncc2C2CCN(C(=O)OC(C)(C)C)C2)C1. The number of nitrogens with one attached hydrogen (secondary N) is 1. The molecule has 2 saturated heterocycles. The number of rotatable bonds is 5. The third-order valence-corrected chi connectivity index (χ3v) is 7.13. The van der Waals surface area contributed by atoms with Gasteiger partial charge >= 0.3 is 18.4 Å². The molecule has 0 radical (unpaired) electrons. The molecular formula is C30H39F4N5O4. The van der Waals surface area contributed by atoms with Crippen LogP contribution in [0.15, 0.2) is 24.4 Å². The van der Waals surface area contributed by atoms with Gasteiger partial charge in [0.15, 0.2) is 5.82 Å². The van der Waals surface area contributed by atoms with Crippen molar-refractivity contribution in [3.8, 4) is 11.4 Å². The molecule has 43 heavy (non-hydrogen) atoms. The van der Waals surface area contributed by atoms with Crippen molar-refractivity contribution < 1.29 is 36.6 Å². The number of hydrogen-bond donors (Lipinski definition) is 1. The highest BCUT2D eigenvalue weighted by molar-refractivity contribution is 5.69. The molecule has 2 aromatic rings. The molecule has 2 aliphatic rings. The number of likely N-dealkylation sites (tertiary alicyclic amines) is 1. The van der Waals surface area contributed by atoms with Crippen molar-refractivity contribution in [1.29, 1.82) is 0 Å². The van der Waals surface area contributed by atoms with Gasteiger partial charge in [-0.25, -0.2) is 23.9 Å². The lowest BCUT2D eigenvalue weighted by atomic mass is 9.99. The van der Waals surface area contributed by atoms with E-state index >= 15 is 0 Å². The minimum atomic E-state index is -4.68. The van der Waals surface area contributed by atoms with Crippen LogP contribution in [0.25, 0.3) is 11.4 Å². The molecule has 4 rings (SSSR count). The van der Waals surface area contributed by atoms with Crippen LogP contribution >= 0.6 is 0 Å². The summed E-state index contributed by atoms with van der Waals surface area (Å²) in [4.78, 5) is 37.5. The minimum Gasteiger partial charge on any atom is -0.444 e. The Labute approximate surface area is 248 Å². The van der Waals surface area contributed by atoms with Crippen LogP contribution in [0.4, 0.5) is 33.0 Å². The summed E-state index contributed by atoms with van der Waals surface area (Å²) in [5.74, 6) is -0.648. The van der Waals surface area contributed by atoms with Crippen LogP contribution in [0.5, 0.6) is 0 Å². The summed E-state index contributed by atoms with van der Waals surface area (Å²) in [7, 11) is 0. The second-order valence-corrected chi connectivity index (χ2v) is 13.1. The Morgan fingerprint density at radius 3 is 2.33 bits per heavy atom. The number of ether oxygens (including phenoxy) is 2. The van der Waals surface area contributed by atoms with Gasteiger partial charge in [0, 0.05) is 50.4 Å². The first kappa shape index (κ1) is 32.3. The average molecular weight is 610 g/mol. The fourth-order valence-electron chi connectivity index (χ4n) is 5.17. The number of alkyl carbamates (subject to hydrolysis) is 1. The lowest BCUT2D eigenvalue weighted by Crippen LogP contribution is -2.36. The van der Waals surface area contributed by atoms with Crippen molar-refractivity contribution in [3.05, 3.63) is 41.3 Å². The van der Waals surface area contributed by atoms with Crippen LogP contribution < -0.4 is 10.2 Å². The molecule has 2 unspecified atom stereocenters. The number of alkyl halides is 3. The van der Waals surface area contributed by atoms with E-state index in [0.717, 1.165) is 24.1 Å². The zero-order valence-corrected chi connectivity index (χ0v) is 25.3. The maximum atomic E-state index is 14.9. The standard InChI is InChI=1S/C30H39F4N5O4/c1-28(2,3)42-26(40)36-14-18-9-11-38(16-18)25-22(19-10-12-39(17-19)27(41)43-29(4,5)6)15-35-24(37-25)21-8-7-20(13-23(21)31)30(32,33)34/h7-8,13,15,18-19H,9-12,14,16-17H2,1-6H3,(H,36,40). The van der Waals surface area contributed by atoms with E-state index in [1.165, 1.54) is 0 Å². The van der Waals surface area contributed by atoms with Gasteiger partial charge in [0.1, 0.15) is 22.8 Å². The van der Waals surface area contributed by atoms with E-state index in [1.54, 1.807) is 52.6 Å². The monoisotopic (exact) mass is 609 g/mol. The summed E-state index contributed by atoms with van der Waals surface area (Å²) in [6.07, 6.45) is -2.68. The number of hydrogen-bond acceptors (Lipinski definition) is 7. The second-order valence-electron chi connectivity index (χ2n) is 13.1. The molecule has 0 spiro atoms. The van der Waals surface area contributed by atoms with Crippen LogP contribution in [0.2, 0.25) is 0 Å². The lowest BCUT2D eigenvalue weighted by molar-refractivity contribution is -0.137. The summed E-state index contributed by atoms with van der Waals surface area (Å²) < 4.78 is 65.2. The van der Waals surface area contributed by atoms with Crippen molar-refractivity contribution in [2.24, 2.45) is 5.92 Å². The predicted octanol–water partition coefficient (Wildman–Crippen LogP) is 6.38. The molecule has 3 heterocycles. The van der Waals surface area contributed by atoms with Crippen LogP contribution in [0.1, 0.15) is 71.4 Å². The molecule has 0 aliphatic carbocycles. The van der Waals surface area contributed by atoms with Crippen LogP contribution in [0.3, 0.4) is 0 Å². The highest BCUT2D eigenvalue weighted by Crippen LogP contribution is 2.37. The summed E-state index contributed by atoms with van der Waals surface area (Å²) in [5, 5.41) is 2.80. The van der Waals surface area contributed by atoms with Crippen LogP contribution in [0, 0.1) is 11.7 Å². The molecule has 2 amide bonds. The predicted molar refractivity (Wildman–Crippen MR) is 152 cm³/mol. The van der Waals surface area contributed by atoms with Crippen molar-refractivity contribution in [2.45, 2.75) is 77.7 Å². The number of carbonyl (C=O) groups excluding carboxylic acids is 2. The summed E-state index contributed by atoms with van der Waals surface area (Å²) in [6, 6.07) is 2.28. The molecular weight excluding hydrogens is 570 g/mol. The van der Waals surface area contributed by atoms with Gasteiger partial charge in [0.2, 0.25) is 0 Å². The fourth-order valence-corrected chi connectivity index (χ4v) is 5.17. The van der Waals surface area contributed by atoms with Gasteiger partial charge in [-0.05, 0) is 78.5 Å². The molecule has 1 aromatic heterocycles. The van der Waals surface area contributed by atoms with E-state index in [4.69, 9.17) is 9.47 Å². The molecule has 2 atom stereocenters. The first-order valence-electron chi connectivity index (χ1n) is 14.3. The van der Waals surface area contributed by atoms with Gasteiger partial charge in [-0.3, -0.25) is 0 Å². The Hall–Kier alpha value is -3.64. The number of halogens is 4. The maximum Gasteiger partial charge on any atom is 0.416 e. The van der Waals surface area contributed by atoms with E-state index in [-0.39, 0.29) is 23.2 Å². The van der Waals surface area contributed by atoms with Crippen LogP contribution in [-0.2, 0) is 15.7 Å². The Bertz CT molecular complexity index is 1340. The highest BCUT2D eigenvalue weighted by Gasteiger charge is 2.36. The Morgan fingerprint density at radius 1 is 1.00 bits per heavy atom. The summed E-state index contributed by atoms with van der Waals surface area (Å²) in [5.41, 5.74) is -1.76. The normalized spacial score (nSPS) is 19.5. The average Bonchev–Trinajstić information content (AvgIpc) is 3.55. The quantitative estimate of drug-likeness (QED) is 0.393. The Balaban J connectivity index is 1.59. The topological polar surface area (TPSA) is 96.9 Å². The van der Waals surface area contributed by atoms with E-state index in [0.29, 0.717) is 51.0 Å². The molecule has 0 saturated carbocycles. The largest absolute Gasteiger partial charge is 0.444 e. The first-order chi connectivity index (χ1) is 19.9. The van der Waals surface area contributed by atoms with Crippen LogP contribution in [-0.4, -0.2) is 71.0 Å². The van der Waals surface area contributed by atoms with Crippen molar-refractivity contribution >= 4 is 18.0 Å². The van der Waals surface area contributed by atoms with E-state index in [9.17, 15) is 27.2 Å². The molecule has 9 nitrogen and oxygen atoms in total. The zero-order chi connectivity index (χ0) is 31.7. The van der Waals surface area contributed by atoms with E-state index < -0.39 is 40.9 Å². The van der Waals surface area contributed by atoms with Gasteiger partial charge in [-0.15, -0.1) is 0 Å². The molecule has 236 valence electrons. The number of carbonyl (C=O) groups is 2. The molecule has 1 aromatic carbocycles. The van der Waals surface area contributed by atoms with Crippen molar-refractivity contribution in [2.75, 3.05) is 37.6 Å². The van der Waals surface area contributed by atoms with Crippen molar-refractivity contribution in [1.82, 2.24) is 20.2 Å². The minimum absolute atomic E-state index is 0.0395. The molecule has 1 N–H and O–H groups in total. The first-order valence-corrected chi connectivity index (χ1v) is 14.3. The maximum absolute atomic E-state index is 14.9. The third-order valence-electron chi connectivity index (χ3n) is 7.13. The van der Waals surface area contributed by atoms with Crippen molar-refractivity contribution in [3.63, 3.8) is 0 Å². The number of nitrogens with zero attached hydrogens (tertiary/aromatic N) is 4. The van der Waals surface area contributed by atoms with E-state index in [1.807, 2.05) is 4.90 Å². The zero-order valence-electron chi connectivity index (χ0n) is 25.3. The van der Waals surface area contributed by atoms with Gasteiger partial charge in [-0.2, -0.15) is 13.2 Å². The summed E-state index contributed by atoms with van der Waals surface area (Å²) in [6.45, 7) is 13.1. The number of aromatic nitrogens is 2. The highest BCUT2D eigenvalue weighted by atomic mass is 19.4. The smallest absolute Gasteiger partial charge is 0.416 e. The van der Waals surface area contributed by atoms with E-state index in [2.05, 4.69) is 15.3 Å². The number of amides is 2. The Kier molecular flexibility index (Phi) is 9.13. The van der Waals surface area contributed by atoms with Gasteiger partial charge in [0.25, 0.3) is 0 Å². The number of benzene rings is 1. The number of anilines is 1. The van der Waals surface area contributed by atoms with Gasteiger partial charge in [-0.1, -0.05) is 0 Å². The molecule has 0 bridgehead atoms. The fraction of sp³-hybridized carbons (Fsp3) is 0.600.